The lowest BCUT2D eigenvalue weighted by Crippen LogP contribution is -2.14. The number of hydrogen-bond acceptors (Lipinski definition) is 12. The van der Waals surface area contributed by atoms with E-state index in [0.717, 1.165) is 0 Å². The summed E-state index contributed by atoms with van der Waals surface area (Å²) in [5.41, 5.74) is 0.0345. The lowest BCUT2D eigenvalue weighted by Gasteiger charge is -2.03. The van der Waals surface area contributed by atoms with Crippen LogP contribution in [0.5, 0.6) is 0 Å². The topological polar surface area (TPSA) is 206 Å². The number of anilines is 2. The van der Waals surface area contributed by atoms with Gasteiger partial charge in [0.15, 0.2) is 0 Å². The van der Waals surface area contributed by atoms with E-state index < -0.39 is 17.8 Å². The van der Waals surface area contributed by atoms with E-state index in [2.05, 4.69) is 66.4 Å². The molecule has 0 atom stereocenters. The zero-order chi connectivity index (χ0) is 16.7. The van der Waals surface area contributed by atoms with Gasteiger partial charge in [0.2, 0.25) is 17.3 Å². The number of tetrazole rings is 1. The van der Waals surface area contributed by atoms with E-state index in [-0.39, 0.29) is 28.8 Å². The summed E-state index contributed by atoms with van der Waals surface area (Å²) >= 11 is 0. The van der Waals surface area contributed by atoms with Crippen LogP contribution >= 0.6 is 0 Å². The van der Waals surface area contributed by atoms with Crippen LogP contribution in [0.15, 0.2) is 4.63 Å². The van der Waals surface area contributed by atoms with Gasteiger partial charge in [0, 0.05) is 0 Å². The maximum absolute atomic E-state index is 12.8. The molecule has 0 aliphatic heterocycles. The van der Waals surface area contributed by atoms with Crippen molar-refractivity contribution >= 4 is 17.5 Å². The summed E-state index contributed by atoms with van der Waals surface area (Å²) in [5.74, 6) is -2.14. The van der Waals surface area contributed by atoms with Crippen molar-refractivity contribution in [3.8, 4) is 11.5 Å². The molecule has 0 fully saturated rings. The fourth-order valence-corrected chi connectivity index (χ4v) is 1.64. The number of fused-ring (bicyclic) bond motifs is 1. The maximum atomic E-state index is 12.8. The second-order valence-corrected chi connectivity index (χ2v) is 4.08. The maximum Gasteiger partial charge on any atom is 0.453 e. The molecule has 0 saturated carbocycles. The molecule has 4 aromatic heterocycles. The molecule has 0 aliphatic carbocycles. The molecule has 4 aromatic rings. The van der Waals surface area contributed by atoms with Crippen LogP contribution in [0, 0.1) is 0 Å². The number of nitrogens with zero attached hydrogens (tertiary/aromatic N) is 11. The first-order valence-electron chi connectivity index (χ1n) is 5.89. The van der Waals surface area contributed by atoms with Crippen LogP contribution in [0.4, 0.5) is 24.9 Å². The van der Waals surface area contributed by atoms with Crippen molar-refractivity contribution in [1.29, 1.82) is 0 Å². The highest BCUT2D eigenvalue weighted by atomic mass is 19.4. The van der Waals surface area contributed by atoms with E-state index in [1.54, 1.807) is 0 Å². The highest BCUT2D eigenvalue weighted by molar-refractivity contribution is 5.67. The summed E-state index contributed by atoms with van der Waals surface area (Å²) in [6.45, 7) is 0. The van der Waals surface area contributed by atoms with E-state index in [0.29, 0.717) is 4.52 Å². The van der Waals surface area contributed by atoms with Crippen molar-refractivity contribution in [2.75, 3.05) is 5.32 Å². The minimum absolute atomic E-state index is 0. The predicted molar refractivity (Wildman–Crippen MR) is 65.7 cm³/mol. The quantitative estimate of drug-likeness (QED) is 0.424. The first-order valence-corrected chi connectivity index (χ1v) is 5.89. The lowest BCUT2D eigenvalue weighted by atomic mass is 10.4. The molecule has 4 N–H and O–H groups in total. The van der Waals surface area contributed by atoms with Gasteiger partial charge < -0.3 is 10.8 Å². The number of nitrogens with one attached hydrogen (secondary N) is 2. The van der Waals surface area contributed by atoms with E-state index in [1.165, 1.54) is 0 Å². The van der Waals surface area contributed by atoms with Crippen LogP contribution in [0.25, 0.3) is 17.3 Å². The van der Waals surface area contributed by atoms with Gasteiger partial charge in [-0.25, -0.2) is 4.63 Å². The molecule has 4 rings (SSSR count). The number of H-pyrrole nitrogens is 1. The monoisotopic (exact) mass is 359 g/mol. The van der Waals surface area contributed by atoms with Gasteiger partial charge in [-0.15, -0.1) is 35.7 Å². The average Bonchev–Trinajstić information content (AvgIpc) is 3.26. The van der Waals surface area contributed by atoms with Gasteiger partial charge in [-0.3, -0.25) is 0 Å². The molecule has 0 amide bonds. The van der Waals surface area contributed by atoms with E-state index >= 15 is 0 Å². The molecule has 0 aliphatic rings. The summed E-state index contributed by atoms with van der Waals surface area (Å²) in [5, 5.41) is 39.3. The highest BCUT2D eigenvalue weighted by Gasteiger charge is 2.38. The minimum Gasteiger partial charge on any atom is -0.412 e. The Morgan fingerprint density at radius 2 is 1.84 bits per heavy atom. The SMILES string of the molecule is FC(F)(F)c1nnc2nnc(Nc3nonc3-c3nn[nH]n3)nn12.O. The van der Waals surface area contributed by atoms with Gasteiger partial charge in [-0.05, 0) is 15.5 Å². The van der Waals surface area contributed by atoms with Gasteiger partial charge in [0.25, 0.3) is 17.6 Å². The van der Waals surface area contributed by atoms with Crippen molar-refractivity contribution in [3.63, 3.8) is 0 Å². The van der Waals surface area contributed by atoms with E-state index in [1.807, 2.05) is 0 Å². The van der Waals surface area contributed by atoms with Crippen molar-refractivity contribution in [1.82, 2.24) is 60.9 Å². The largest absolute Gasteiger partial charge is 0.453 e. The zero-order valence-electron chi connectivity index (χ0n) is 11.5. The van der Waals surface area contributed by atoms with Crippen molar-refractivity contribution in [2.24, 2.45) is 0 Å². The number of alkyl halides is 3. The Labute approximate surface area is 131 Å². The fourth-order valence-electron chi connectivity index (χ4n) is 1.64. The summed E-state index contributed by atoms with van der Waals surface area (Å²) in [4.78, 5) is 0. The van der Waals surface area contributed by atoms with E-state index in [4.69, 9.17) is 0 Å². The molecule has 0 aromatic carbocycles. The Kier molecular flexibility index (Phi) is 3.64. The van der Waals surface area contributed by atoms with Gasteiger partial charge in [0.1, 0.15) is 0 Å². The number of hydrogen-bond donors (Lipinski definition) is 2. The Morgan fingerprint density at radius 1 is 1.04 bits per heavy atom. The van der Waals surface area contributed by atoms with Gasteiger partial charge >= 0.3 is 6.18 Å². The Hall–Kier alpha value is -3.83. The third kappa shape index (κ3) is 2.75. The number of aromatic amines is 1. The molecule has 0 bridgehead atoms. The van der Waals surface area contributed by atoms with Crippen LogP contribution in [-0.2, 0) is 6.18 Å². The molecule has 130 valence electrons. The van der Waals surface area contributed by atoms with Crippen LogP contribution in [0.3, 0.4) is 0 Å². The third-order valence-corrected chi connectivity index (χ3v) is 2.58. The second kappa shape index (κ2) is 5.67. The summed E-state index contributed by atoms with van der Waals surface area (Å²) < 4.78 is 43.3. The molecule has 18 heteroatoms. The molecule has 0 radical (unpaired) electrons. The first-order chi connectivity index (χ1) is 11.5. The summed E-state index contributed by atoms with van der Waals surface area (Å²) in [7, 11) is 0. The average molecular weight is 359 g/mol. The molecular formula is C7H4F3N13O2. The number of rotatable bonds is 3. The van der Waals surface area contributed by atoms with Gasteiger partial charge in [-0.1, -0.05) is 0 Å². The van der Waals surface area contributed by atoms with Crippen LogP contribution in [0.1, 0.15) is 5.82 Å². The Balaban J connectivity index is 0.00000182. The summed E-state index contributed by atoms with van der Waals surface area (Å²) in [6.07, 6.45) is -4.77. The number of aromatic nitrogens is 12. The highest BCUT2D eigenvalue weighted by Crippen LogP contribution is 2.27. The normalized spacial score (nSPS) is 11.5. The van der Waals surface area contributed by atoms with Gasteiger partial charge in [0.05, 0.1) is 0 Å². The zero-order valence-corrected chi connectivity index (χ0v) is 11.5. The molecule has 4 heterocycles. The molecule has 0 saturated heterocycles. The Bertz CT molecular complexity index is 991. The summed E-state index contributed by atoms with van der Waals surface area (Å²) in [6, 6.07) is 0. The molecular weight excluding hydrogens is 355 g/mol. The van der Waals surface area contributed by atoms with E-state index in [9.17, 15) is 13.2 Å². The van der Waals surface area contributed by atoms with Crippen molar-refractivity contribution in [2.45, 2.75) is 6.18 Å². The second-order valence-electron chi connectivity index (χ2n) is 4.08. The van der Waals surface area contributed by atoms with Crippen LogP contribution in [-0.4, -0.2) is 66.4 Å². The molecule has 0 spiro atoms. The fraction of sp³-hybridized carbons (Fsp3) is 0.143. The molecule has 25 heavy (non-hydrogen) atoms. The smallest absolute Gasteiger partial charge is 0.412 e. The van der Waals surface area contributed by atoms with Crippen molar-refractivity contribution in [3.05, 3.63) is 5.82 Å². The minimum atomic E-state index is -4.77. The first kappa shape index (κ1) is 16.0. The standard InChI is InChI=1S/C7H2F3N13O.H2O/c8-7(9,10)4-14-16-6-17-15-5(18-23(4)6)11-2-1(19-24-20-2)3-12-21-22-13-3;/h(H,11,18,20)(H,12,13,21,22);1H2. The molecule has 0 unspecified atom stereocenters. The Morgan fingerprint density at radius 3 is 2.56 bits per heavy atom. The van der Waals surface area contributed by atoms with Crippen molar-refractivity contribution < 1.29 is 23.3 Å². The predicted octanol–water partition coefficient (Wildman–Crippen LogP) is -1.58. The van der Waals surface area contributed by atoms with Crippen LogP contribution in [0.2, 0.25) is 0 Å². The van der Waals surface area contributed by atoms with Crippen LogP contribution < -0.4 is 5.32 Å². The van der Waals surface area contributed by atoms with Gasteiger partial charge in [-0.2, -0.15) is 22.9 Å². The third-order valence-electron chi connectivity index (χ3n) is 2.58. The molecule has 15 nitrogen and oxygen atoms in total. The lowest BCUT2D eigenvalue weighted by molar-refractivity contribution is -0.146. The number of halogens is 3.